The molecule has 1 aromatic rings. The molecule has 0 radical (unpaired) electrons. The minimum absolute atomic E-state index is 0.289. The number of H-pyrrole nitrogens is 1. The maximum Gasteiger partial charge on any atom is 0.246 e. The summed E-state index contributed by atoms with van der Waals surface area (Å²) in [7, 11) is -3.37. The fourth-order valence-electron chi connectivity index (χ4n) is 2.36. The number of aromatic amines is 1. The Bertz CT molecular complexity index is 513. The van der Waals surface area contributed by atoms with Gasteiger partial charge in [0.05, 0.1) is 11.9 Å². The summed E-state index contributed by atoms with van der Waals surface area (Å²) in [4.78, 5) is 0.308. The van der Waals surface area contributed by atoms with Crippen LogP contribution in [0.3, 0.4) is 0 Å². The molecule has 0 atom stereocenters. The van der Waals surface area contributed by atoms with Gasteiger partial charge in [-0.25, -0.2) is 8.42 Å². The van der Waals surface area contributed by atoms with Gasteiger partial charge in [-0.05, 0) is 25.2 Å². The number of sulfonamides is 1. The molecule has 0 aromatic carbocycles. The highest BCUT2D eigenvalue weighted by atomic mass is 32.2. The zero-order chi connectivity index (χ0) is 13.4. The van der Waals surface area contributed by atoms with Crippen LogP contribution in [0.2, 0.25) is 0 Å². The third kappa shape index (κ3) is 2.31. The van der Waals surface area contributed by atoms with Gasteiger partial charge in [0.25, 0.3) is 0 Å². The van der Waals surface area contributed by atoms with E-state index in [1.54, 1.807) is 11.2 Å². The van der Waals surface area contributed by atoms with Gasteiger partial charge in [-0.15, -0.1) is 0 Å². The van der Waals surface area contributed by atoms with Crippen molar-refractivity contribution in [1.29, 1.82) is 0 Å². The molecule has 0 spiro atoms. The Morgan fingerprint density at radius 3 is 2.50 bits per heavy atom. The van der Waals surface area contributed by atoms with Crippen LogP contribution in [0.4, 0.5) is 0 Å². The average Bonchev–Trinajstić information content (AvgIpc) is 2.77. The molecule has 102 valence electrons. The van der Waals surface area contributed by atoms with Crippen LogP contribution in [0.25, 0.3) is 0 Å². The molecule has 0 bridgehead atoms. The first-order valence-electron chi connectivity index (χ1n) is 6.39. The quantitative estimate of drug-likeness (QED) is 0.913. The van der Waals surface area contributed by atoms with Crippen LogP contribution in [0, 0.1) is 12.3 Å². The van der Waals surface area contributed by atoms with E-state index in [4.69, 9.17) is 0 Å². The number of aryl methyl sites for hydroxylation is 1. The third-order valence-corrected chi connectivity index (χ3v) is 6.20. The predicted molar refractivity (Wildman–Crippen MR) is 69.7 cm³/mol. The van der Waals surface area contributed by atoms with E-state index in [0.29, 0.717) is 23.7 Å². The minimum Gasteiger partial charge on any atom is -0.281 e. The standard InChI is InChI=1S/C12H21N3O2S/c1-4-12(3)5-7-15(8-6-12)18(16,17)11-9-13-14-10(11)2/h9H,4-8H2,1-3H3,(H,13,14). The van der Waals surface area contributed by atoms with Crippen molar-refractivity contribution in [3.8, 4) is 0 Å². The number of hydrogen-bond acceptors (Lipinski definition) is 3. The Morgan fingerprint density at radius 2 is 2.06 bits per heavy atom. The third-order valence-electron chi connectivity index (χ3n) is 4.18. The van der Waals surface area contributed by atoms with E-state index in [-0.39, 0.29) is 5.41 Å². The zero-order valence-electron chi connectivity index (χ0n) is 11.2. The van der Waals surface area contributed by atoms with Gasteiger partial charge in [-0.3, -0.25) is 5.10 Å². The number of hydrogen-bond donors (Lipinski definition) is 1. The van der Waals surface area contributed by atoms with Gasteiger partial charge in [-0.1, -0.05) is 20.3 Å². The lowest BCUT2D eigenvalue weighted by Gasteiger charge is -2.38. The maximum atomic E-state index is 12.4. The van der Waals surface area contributed by atoms with Crippen LogP contribution in [-0.4, -0.2) is 36.0 Å². The number of nitrogens with zero attached hydrogens (tertiary/aromatic N) is 2. The number of piperidine rings is 1. The van der Waals surface area contributed by atoms with Crippen LogP contribution in [0.15, 0.2) is 11.1 Å². The monoisotopic (exact) mass is 271 g/mol. The molecule has 1 fully saturated rings. The Kier molecular flexibility index (Phi) is 3.51. The second-order valence-electron chi connectivity index (χ2n) is 5.43. The summed E-state index contributed by atoms with van der Waals surface area (Å²) in [5, 5.41) is 6.48. The minimum atomic E-state index is -3.37. The summed E-state index contributed by atoms with van der Waals surface area (Å²) in [5.74, 6) is 0. The molecule has 1 aliphatic heterocycles. The lowest BCUT2D eigenvalue weighted by molar-refractivity contribution is 0.169. The Hall–Kier alpha value is -0.880. The molecule has 0 aliphatic carbocycles. The maximum absolute atomic E-state index is 12.4. The van der Waals surface area contributed by atoms with E-state index < -0.39 is 10.0 Å². The van der Waals surface area contributed by atoms with E-state index >= 15 is 0 Å². The molecular weight excluding hydrogens is 250 g/mol. The normalized spacial score (nSPS) is 21.1. The number of nitrogens with one attached hydrogen (secondary N) is 1. The molecule has 1 aromatic heterocycles. The van der Waals surface area contributed by atoms with Gasteiger partial charge < -0.3 is 0 Å². The molecule has 1 N–H and O–H groups in total. The van der Waals surface area contributed by atoms with Crippen molar-refractivity contribution < 1.29 is 8.42 Å². The lowest BCUT2D eigenvalue weighted by Crippen LogP contribution is -2.41. The Morgan fingerprint density at radius 1 is 1.44 bits per heavy atom. The van der Waals surface area contributed by atoms with E-state index in [0.717, 1.165) is 19.3 Å². The van der Waals surface area contributed by atoms with Crippen molar-refractivity contribution in [2.45, 2.75) is 44.9 Å². The smallest absolute Gasteiger partial charge is 0.246 e. The summed E-state index contributed by atoms with van der Waals surface area (Å²) < 4.78 is 26.5. The highest BCUT2D eigenvalue weighted by Gasteiger charge is 2.35. The van der Waals surface area contributed by atoms with E-state index in [2.05, 4.69) is 24.0 Å². The summed E-state index contributed by atoms with van der Waals surface area (Å²) in [5.41, 5.74) is 0.899. The zero-order valence-corrected chi connectivity index (χ0v) is 12.0. The van der Waals surface area contributed by atoms with Crippen LogP contribution in [0.1, 0.15) is 38.8 Å². The fraction of sp³-hybridized carbons (Fsp3) is 0.750. The fourth-order valence-corrected chi connectivity index (χ4v) is 3.92. The van der Waals surface area contributed by atoms with Crippen molar-refractivity contribution in [2.75, 3.05) is 13.1 Å². The molecule has 1 saturated heterocycles. The lowest BCUT2D eigenvalue weighted by atomic mass is 9.79. The van der Waals surface area contributed by atoms with Crippen molar-refractivity contribution in [2.24, 2.45) is 5.41 Å². The summed E-state index contributed by atoms with van der Waals surface area (Å²) in [6, 6.07) is 0. The predicted octanol–water partition coefficient (Wildman–Crippen LogP) is 1.92. The molecular formula is C12H21N3O2S. The molecule has 1 aliphatic rings. The van der Waals surface area contributed by atoms with Crippen molar-refractivity contribution in [3.05, 3.63) is 11.9 Å². The topological polar surface area (TPSA) is 66.1 Å². The Balaban J connectivity index is 2.17. The first-order chi connectivity index (χ1) is 8.39. The Labute approximate surface area is 109 Å². The van der Waals surface area contributed by atoms with Gasteiger partial charge in [-0.2, -0.15) is 9.40 Å². The largest absolute Gasteiger partial charge is 0.281 e. The van der Waals surface area contributed by atoms with Crippen molar-refractivity contribution >= 4 is 10.0 Å². The first-order valence-corrected chi connectivity index (χ1v) is 7.83. The van der Waals surface area contributed by atoms with Gasteiger partial charge in [0, 0.05) is 13.1 Å². The second-order valence-corrected chi connectivity index (χ2v) is 7.33. The molecule has 0 unspecified atom stereocenters. The molecule has 0 saturated carbocycles. The van der Waals surface area contributed by atoms with E-state index in [1.807, 2.05) is 0 Å². The molecule has 18 heavy (non-hydrogen) atoms. The SMILES string of the molecule is CCC1(C)CCN(S(=O)(=O)c2cn[nH]c2C)CC1. The molecule has 2 rings (SSSR count). The summed E-state index contributed by atoms with van der Waals surface area (Å²) >= 11 is 0. The van der Waals surface area contributed by atoms with Crippen molar-refractivity contribution in [1.82, 2.24) is 14.5 Å². The van der Waals surface area contributed by atoms with E-state index in [9.17, 15) is 8.42 Å². The van der Waals surface area contributed by atoms with Gasteiger partial charge >= 0.3 is 0 Å². The molecule has 6 heteroatoms. The molecule has 0 amide bonds. The second kappa shape index (κ2) is 4.66. The van der Waals surface area contributed by atoms with E-state index in [1.165, 1.54) is 6.20 Å². The molecule has 2 heterocycles. The summed E-state index contributed by atoms with van der Waals surface area (Å²) in [6.45, 7) is 7.36. The van der Waals surface area contributed by atoms with Gasteiger partial charge in [0.2, 0.25) is 10.0 Å². The van der Waals surface area contributed by atoms with Crippen LogP contribution in [0.5, 0.6) is 0 Å². The van der Waals surface area contributed by atoms with Crippen LogP contribution < -0.4 is 0 Å². The highest BCUT2D eigenvalue weighted by molar-refractivity contribution is 7.89. The van der Waals surface area contributed by atoms with Crippen LogP contribution >= 0.6 is 0 Å². The molecule has 5 nitrogen and oxygen atoms in total. The highest BCUT2D eigenvalue weighted by Crippen LogP contribution is 2.35. The average molecular weight is 271 g/mol. The number of aromatic nitrogens is 2. The van der Waals surface area contributed by atoms with Gasteiger partial charge in [0.1, 0.15) is 4.90 Å². The van der Waals surface area contributed by atoms with Crippen LogP contribution in [-0.2, 0) is 10.0 Å². The first kappa shape index (κ1) is 13.5. The summed E-state index contributed by atoms with van der Waals surface area (Å²) in [6.07, 6.45) is 4.36. The van der Waals surface area contributed by atoms with Gasteiger partial charge in [0.15, 0.2) is 0 Å². The number of rotatable bonds is 3. The van der Waals surface area contributed by atoms with Crippen molar-refractivity contribution in [3.63, 3.8) is 0 Å².